The lowest BCUT2D eigenvalue weighted by molar-refractivity contribution is -0.157. The first-order chi connectivity index (χ1) is 6.93. The van der Waals surface area contributed by atoms with E-state index in [0.717, 1.165) is 0 Å². The van der Waals surface area contributed by atoms with Crippen molar-refractivity contribution in [3.8, 4) is 0 Å². The molecule has 0 bridgehead atoms. The van der Waals surface area contributed by atoms with Crippen molar-refractivity contribution in [2.24, 2.45) is 5.41 Å². The van der Waals surface area contributed by atoms with Gasteiger partial charge in [0.1, 0.15) is 5.76 Å². The van der Waals surface area contributed by atoms with Crippen LogP contribution < -0.4 is 0 Å². The van der Waals surface area contributed by atoms with Gasteiger partial charge in [-0.2, -0.15) is 0 Å². The van der Waals surface area contributed by atoms with Gasteiger partial charge in [0.25, 0.3) is 0 Å². The Kier molecular flexibility index (Phi) is 4.79. The molecule has 0 radical (unpaired) electrons. The van der Waals surface area contributed by atoms with E-state index >= 15 is 0 Å². The number of hydrogen-bond acceptors (Lipinski definition) is 3. The highest BCUT2D eigenvalue weighted by molar-refractivity contribution is 6.70. The van der Waals surface area contributed by atoms with Crippen LogP contribution in [0.2, 0.25) is 19.6 Å². The zero-order valence-electron chi connectivity index (χ0n) is 11.5. The maximum atomic E-state index is 11.6. The van der Waals surface area contributed by atoms with Crippen molar-refractivity contribution in [2.75, 3.05) is 0 Å². The van der Waals surface area contributed by atoms with Gasteiger partial charge < -0.3 is 9.16 Å². The number of carbonyl (C=O) groups is 1. The van der Waals surface area contributed by atoms with Crippen molar-refractivity contribution in [1.82, 2.24) is 0 Å². The molecule has 0 rings (SSSR count). The third-order valence-corrected chi connectivity index (χ3v) is 2.66. The minimum Gasteiger partial charge on any atom is -0.545 e. The van der Waals surface area contributed by atoms with Crippen LogP contribution in [0.1, 0.15) is 27.7 Å². The normalized spacial score (nSPS) is 14.2. The van der Waals surface area contributed by atoms with Crippen LogP contribution in [0.4, 0.5) is 0 Å². The molecule has 0 aliphatic rings. The van der Waals surface area contributed by atoms with E-state index in [9.17, 15) is 4.79 Å². The highest BCUT2D eigenvalue weighted by atomic mass is 28.4. The van der Waals surface area contributed by atoms with Crippen molar-refractivity contribution in [3.63, 3.8) is 0 Å². The summed E-state index contributed by atoms with van der Waals surface area (Å²) < 4.78 is 11.0. The summed E-state index contributed by atoms with van der Waals surface area (Å²) >= 11 is 0. The van der Waals surface area contributed by atoms with E-state index < -0.39 is 19.8 Å². The number of esters is 1. The molecule has 0 amide bonds. The van der Waals surface area contributed by atoms with Crippen molar-refractivity contribution in [3.05, 3.63) is 12.3 Å². The van der Waals surface area contributed by atoms with E-state index in [-0.39, 0.29) is 5.97 Å². The Balaban J connectivity index is 4.33. The number of ether oxygens (including phenoxy) is 1. The van der Waals surface area contributed by atoms with Gasteiger partial charge in [-0.15, -0.1) is 0 Å². The molecule has 94 valence electrons. The third kappa shape index (κ3) is 5.95. The molecule has 16 heavy (non-hydrogen) atoms. The first-order valence-corrected chi connectivity index (χ1v) is 8.93. The number of hydrogen-bond donors (Lipinski definition) is 0. The molecule has 0 aliphatic heterocycles. The maximum Gasteiger partial charge on any atom is 0.311 e. The van der Waals surface area contributed by atoms with Crippen molar-refractivity contribution in [1.29, 1.82) is 0 Å². The Morgan fingerprint density at radius 3 is 2.00 bits per heavy atom. The van der Waals surface area contributed by atoms with Crippen LogP contribution in [-0.2, 0) is 14.0 Å². The van der Waals surface area contributed by atoms with Gasteiger partial charge in [-0.05, 0) is 47.3 Å². The van der Waals surface area contributed by atoms with Crippen LogP contribution in [0.5, 0.6) is 0 Å². The summed E-state index contributed by atoms with van der Waals surface area (Å²) in [4.78, 5) is 11.6. The topological polar surface area (TPSA) is 35.5 Å². The molecule has 0 saturated carbocycles. The van der Waals surface area contributed by atoms with Gasteiger partial charge >= 0.3 is 5.97 Å². The lowest BCUT2D eigenvalue weighted by atomic mass is 9.97. The van der Waals surface area contributed by atoms with Crippen LogP contribution in [-0.4, -0.2) is 20.4 Å². The molecule has 0 aromatic heterocycles. The predicted molar refractivity (Wildman–Crippen MR) is 68.6 cm³/mol. The molecule has 1 unspecified atom stereocenters. The molecule has 3 nitrogen and oxygen atoms in total. The average Bonchev–Trinajstić information content (AvgIpc) is 1.98. The van der Waals surface area contributed by atoms with E-state index in [1.807, 2.05) is 20.8 Å². The predicted octanol–water partition coefficient (Wildman–Crippen LogP) is 3.33. The molecule has 0 spiro atoms. The van der Waals surface area contributed by atoms with Gasteiger partial charge in [0.15, 0.2) is 6.10 Å². The largest absolute Gasteiger partial charge is 0.545 e. The molecular weight excluding hydrogens is 220 g/mol. The van der Waals surface area contributed by atoms with Crippen molar-refractivity contribution in [2.45, 2.75) is 53.4 Å². The Hall–Kier alpha value is -0.773. The standard InChI is InChI=1S/C12H24O3Si/c1-9(10(2)15-16(6,7)8)14-11(13)12(3,4)5/h9H,2H2,1,3-8H3. The molecule has 0 fully saturated rings. The minimum absolute atomic E-state index is 0.236. The lowest BCUT2D eigenvalue weighted by Crippen LogP contribution is -2.32. The van der Waals surface area contributed by atoms with Crippen LogP contribution in [0.25, 0.3) is 0 Å². The molecule has 0 N–H and O–H groups in total. The minimum atomic E-state index is -1.67. The van der Waals surface area contributed by atoms with Gasteiger partial charge in [0.2, 0.25) is 8.32 Å². The average molecular weight is 244 g/mol. The van der Waals surface area contributed by atoms with Gasteiger partial charge in [0, 0.05) is 0 Å². The Morgan fingerprint density at radius 1 is 1.25 bits per heavy atom. The fraction of sp³-hybridized carbons (Fsp3) is 0.750. The highest BCUT2D eigenvalue weighted by Crippen LogP contribution is 2.20. The van der Waals surface area contributed by atoms with Crippen LogP contribution in [0.3, 0.4) is 0 Å². The van der Waals surface area contributed by atoms with Gasteiger partial charge in [-0.25, -0.2) is 0 Å². The summed E-state index contributed by atoms with van der Waals surface area (Å²) in [5.41, 5.74) is -0.492. The summed E-state index contributed by atoms with van der Waals surface area (Å²) in [6, 6.07) is 0. The smallest absolute Gasteiger partial charge is 0.311 e. The fourth-order valence-corrected chi connectivity index (χ4v) is 1.83. The first kappa shape index (κ1) is 15.2. The molecule has 0 saturated heterocycles. The summed E-state index contributed by atoms with van der Waals surface area (Å²) in [6.45, 7) is 17.3. The molecular formula is C12H24O3Si. The van der Waals surface area contributed by atoms with Crippen molar-refractivity contribution >= 4 is 14.3 Å². The number of carbonyl (C=O) groups excluding carboxylic acids is 1. The maximum absolute atomic E-state index is 11.6. The van der Waals surface area contributed by atoms with Gasteiger partial charge in [-0.3, -0.25) is 4.79 Å². The molecule has 0 aromatic carbocycles. The van der Waals surface area contributed by atoms with E-state index in [4.69, 9.17) is 9.16 Å². The Labute approximate surface area is 100.0 Å². The molecule has 0 aliphatic carbocycles. The number of rotatable bonds is 4. The second-order valence-corrected chi connectivity index (χ2v) is 10.4. The summed E-state index contributed by atoms with van der Waals surface area (Å²) in [7, 11) is -1.67. The van der Waals surface area contributed by atoms with E-state index in [2.05, 4.69) is 26.2 Å². The van der Waals surface area contributed by atoms with Gasteiger partial charge in [0.05, 0.1) is 5.41 Å². The summed E-state index contributed by atoms with van der Waals surface area (Å²) in [6.07, 6.45) is -0.390. The third-order valence-electron chi connectivity index (χ3n) is 1.79. The second kappa shape index (κ2) is 5.04. The van der Waals surface area contributed by atoms with E-state index in [1.165, 1.54) is 0 Å². The molecule has 0 heterocycles. The zero-order valence-corrected chi connectivity index (χ0v) is 12.5. The molecule has 0 aromatic rings. The van der Waals surface area contributed by atoms with Crippen molar-refractivity contribution < 1.29 is 14.0 Å². The summed E-state index contributed by atoms with van der Waals surface area (Å²) in [5.74, 6) is 0.303. The Morgan fingerprint density at radius 2 is 1.69 bits per heavy atom. The zero-order chi connectivity index (χ0) is 13.1. The van der Waals surface area contributed by atoms with Crippen LogP contribution in [0, 0.1) is 5.41 Å². The second-order valence-electron chi connectivity index (χ2n) is 5.98. The Bertz CT molecular complexity index is 271. The lowest BCUT2D eigenvalue weighted by Gasteiger charge is -2.26. The van der Waals surface area contributed by atoms with Gasteiger partial charge in [-0.1, -0.05) is 6.58 Å². The van der Waals surface area contributed by atoms with Crippen LogP contribution in [0.15, 0.2) is 12.3 Å². The quantitative estimate of drug-likeness (QED) is 0.432. The monoisotopic (exact) mass is 244 g/mol. The fourth-order valence-electron chi connectivity index (χ4n) is 0.879. The van der Waals surface area contributed by atoms with Crippen LogP contribution >= 0.6 is 0 Å². The summed E-state index contributed by atoms with van der Waals surface area (Å²) in [5, 5.41) is 0. The highest BCUT2D eigenvalue weighted by Gasteiger charge is 2.27. The molecule has 1 atom stereocenters. The molecule has 4 heteroatoms. The van der Waals surface area contributed by atoms with E-state index in [0.29, 0.717) is 5.76 Å². The first-order valence-electron chi connectivity index (χ1n) is 5.52. The van der Waals surface area contributed by atoms with E-state index in [1.54, 1.807) is 6.92 Å². The SMILES string of the molecule is C=C(O[Si](C)(C)C)C(C)OC(=O)C(C)(C)C.